The fraction of sp³-hybridized carbons (Fsp3) is 0.545. The van der Waals surface area contributed by atoms with Crippen molar-refractivity contribution in [3.63, 3.8) is 0 Å². The van der Waals surface area contributed by atoms with E-state index in [0.717, 1.165) is 49.5 Å². The molecule has 4 rings (SSSR count). The van der Waals surface area contributed by atoms with E-state index < -0.39 is 0 Å². The predicted molar refractivity (Wildman–Crippen MR) is 109 cm³/mol. The second kappa shape index (κ2) is 9.89. The van der Waals surface area contributed by atoms with E-state index in [1.54, 1.807) is 6.20 Å². The van der Waals surface area contributed by atoms with Crippen molar-refractivity contribution in [3.8, 4) is 17.4 Å². The van der Waals surface area contributed by atoms with Gasteiger partial charge in [-0.1, -0.05) is 6.07 Å². The third kappa shape index (κ3) is 5.58. The number of aryl methyl sites for hydroxylation is 1. The van der Waals surface area contributed by atoms with E-state index in [1.165, 1.54) is 5.56 Å². The average Bonchev–Trinajstić information content (AvgIpc) is 2.75. The molecule has 0 saturated heterocycles. The summed E-state index contributed by atoms with van der Waals surface area (Å²) in [5, 5.41) is 0. The summed E-state index contributed by atoms with van der Waals surface area (Å²) in [7, 11) is 0. The molecule has 0 saturated carbocycles. The van der Waals surface area contributed by atoms with Crippen molar-refractivity contribution < 1.29 is 18.9 Å². The van der Waals surface area contributed by atoms with Gasteiger partial charge < -0.3 is 18.9 Å². The van der Waals surface area contributed by atoms with Crippen LogP contribution in [-0.4, -0.2) is 60.5 Å². The molecule has 2 bridgehead atoms. The van der Waals surface area contributed by atoms with Crippen LogP contribution >= 0.6 is 0 Å². The van der Waals surface area contributed by atoms with Crippen molar-refractivity contribution in [1.82, 2.24) is 14.9 Å². The van der Waals surface area contributed by atoms with Gasteiger partial charge in [-0.05, 0) is 50.4 Å². The Bertz CT molecular complexity index is 801. The smallest absolute Gasteiger partial charge is 0.232 e. The van der Waals surface area contributed by atoms with Gasteiger partial charge in [-0.3, -0.25) is 9.88 Å². The fourth-order valence-corrected chi connectivity index (χ4v) is 3.64. The summed E-state index contributed by atoms with van der Waals surface area (Å²) in [6.45, 7) is 6.98. The molecule has 0 amide bonds. The zero-order valence-electron chi connectivity index (χ0n) is 17.0. The molecule has 2 aromatic rings. The van der Waals surface area contributed by atoms with Crippen LogP contribution < -0.4 is 14.2 Å². The Morgan fingerprint density at radius 3 is 2.79 bits per heavy atom. The quantitative estimate of drug-likeness (QED) is 0.769. The number of hydrogen-bond donors (Lipinski definition) is 0. The van der Waals surface area contributed by atoms with E-state index in [-0.39, 0.29) is 0 Å². The van der Waals surface area contributed by atoms with Crippen molar-refractivity contribution in [3.05, 3.63) is 41.9 Å². The molecule has 29 heavy (non-hydrogen) atoms. The molecule has 0 unspecified atom stereocenters. The van der Waals surface area contributed by atoms with E-state index in [2.05, 4.69) is 33.9 Å². The molecule has 1 aromatic heterocycles. The van der Waals surface area contributed by atoms with Crippen molar-refractivity contribution in [2.24, 2.45) is 0 Å². The topological polar surface area (TPSA) is 65.9 Å². The number of rotatable bonds is 2. The van der Waals surface area contributed by atoms with Crippen LogP contribution in [0.1, 0.15) is 31.0 Å². The lowest BCUT2D eigenvalue weighted by Crippen LogP contribution is -2.37. The summed E-state index contributed by atoms with van der Waals surface area (Å²) < 4.78 is 22.9. The van der Waals surface area contributed by atoms with Gasteiger partial charge in [0.1, 0.15) is 19.8 Å². The van der Waals surface area contributed by atoms with E-state index in [9.17, 15) is 0 Å². The molecule has 156 valence electrons. The van der Waals surface area contributed by atoms with Gasteiger partial charge >= 0.3 is 0 Å². The third-order valence-electron chi connectivity index (χ3n) is 5.24. The normalized spacial score (nSPS) is 21.1. The molecule has 0 N–H and O–H groups in total. The molecular weight excluding hydrogens is 370 g/mol. The molecule has 0 aliphatic carbocycles. The highest BCUT2D eigenvalue weighted by molar-refractivity contribution is 5.43. The summed E-state index contributed by atoms with van der Waals surface area (Å²) >= 11 is 0. The average molecular weight is 399 g/mol. The zero-order valence-corrected chi connectivity index (χ0v) is 17.0. The number of aromatic nitrogens is 2. The molecule has 7 nitrogen and oxygen atoms in total. The Hall–Kier alpha value is -2.38. The number of benzene rings is 1. The summed E-state index contributed by atoms with van der Waals surface area (Å²) in [4.78, 5) is 11.2. The third-order valence-corrected chi connectivity index (χ3v) is 5.24. The molecular formula is C22H29N3O4. The van der Waals surface area contributed by atoms with Crippen molar-refractivity contribution in [2.75, 3.05) is 39.6 Å². The van der Waals surface area contributed by atoms with Gasteiger partial charge in [0.2, 0.25) is 5.88 Å². The lowest BCUT2D eigenvalue weighted by molar-refractivity contribution is 0.0455. The van der Waals surface area contributed by atoms with Crippen LogP contribution in [0.3, 0.4) is 0 Å². The molecule has 1 aromatic carbocycles. The van der Waals surface area contributed by atoms with Gasteiger partial charge in [-0.25, -0.2) is 4.98 Å². The maximum absolute atomic E-state index is 5.86. The molecule has 0 radical (unpaired) electrons. The fourth-order valence-electron chi connectivity index (χ4n) is 3.64. The highest BCUT2D eigenvalue weighted by Gasteiger charge is 2.17. The number of nitrogens with zero attached hydrogens (tertiary/aromatic N) is 3. The number of hydrogen-bond acceptors (Lipinski definition) is 7. The van der Waals surface area contributed by atoms with Crippen molar-refractivity contribution >= 4 is 0 Å². The first kappa shape index (κ1) is 19.9. The van der Waals surface area contributed by atoms with Crippen LogP contribution in [0.2, 0.25) is 0 Å². The first-order valence-corrected chi connectivity index (χ1v) is 10.4. The van der Waals surface area contributed by atoms with Crippen molar-refractivity contribution in [1.29, 1.82) is 0 Å². The van der Waals surface area contributed by atoms with E-state index >= 15 is 0 Å². The maximum atomic E-state index is 5.86. The minimum Gasteiger partial charge on any atom is -0.486 e. The van der Waals surface area contributed by atoms with Gasteiger partial charge in [0, 0.05) is 18.8 Å². The minimum atomic E-state index is 0.309. The second-order valence-electron chi connectivity index (χ2n) is 7.53. The Morgan fingerprint density at radius 1 is 1.00 bits per heavy atom. The predicted octanol–water partition coefficient (Wildman–Crippen LogP) is 2.87. The molecule has 1 atom stereocenters. The summed E-state index contributed by atoms with van der Waals surface area (Å²) in [6.07, 6.45) is 6.54. The van der Waals surface area contributed by atoms with Gasteiger partial charge in [-0.15, -0.1) is 0 Å². The monoisotopic (exact) mass is 399 g/mol. The Labute approximate surface area is 172 Å². The lowest BCUT2D eigenvalue weighted by Gasteiger charge is -2.30. The molecule has 7 heteroatoms. The van der Waals surface area contributed by atoms with Crippen LogP contribution in [0.15, 0.2) is 30.6 Å². The Balaban J connectivity index is 1.41. The van der Waals surface area contributed by atoms with Crippen LogP contribution in [0.5, 0.6) is 17.4 Å². The minimum absolute atomic E-state index is 0.309. The maximum Gasteiger partial charge on any atom is 0.232 e. The van der Waals surface area contributed by atoms with Crippen LogP contribution in [-0.2, 0) is 17.7 Å². The Morgan fingerprint density at radius 2 is 1.86 bits per heavy atom. The molecule has 0 spiro atoms. The molecule has 2 aliphatic rings. The summed E-state index contributed by atoms with van der Waals surface area (Å²) in [5.41, 5.74) is 2.20. The highest BCUT2D eigenvalue weighted by Crippen LogP contribution is 2.31. The SMILES string of the molecule is C[C@H]1COCCOc2cncc(n2)CCCCN1Cc1ccc2c(c1)OCCO2. The highest BCUT2D eigenvalue weighted by atomic mass is 16.6. The van der Waals surface area contributed by atoms with E-state index in [1.807, 2.05) is 12.3 Å². The van der Waals surface area contributed by atoms with Crippen molar-refractivity contribution in [2.45, 2.75) is 38.8 Å². The van der Waals surface area contributed by atoms with Gasteiger partial charge in [-0.2, -0.15) is 0 Å². The van der Waals surface area contributed by atoms with Gasteiger partial charge in [0.05, 0.1) is 25.1 Å². The van der Waals surface area contributed by atoms with E-state index in [4.69, 9.17) is 18.9 Å². The number of ether oxygens (including phenoxy) is 4. The molecule has 2 aliphatic heterocycles. The largest absolute Gasteiger partial charge is 0.486 e. The number of fused-ring (bicyclic) bond motifs is 3. The summed E-state index contributed by atoms with van der Waals surface area (Å²) in [6, 6.07) is 6.55. The van der Waals surface area contributed by atoms with E-state index in [0.29, 0.717) is 45.0 Å². The van der Waals surface area contributed by atoms with Gasteiger partial charge in [0.25, 0.3) is 0 Å². The molecule has 0 fully saturated rings. The second-order valence-corrected chi connectivity index (χ2v) is 7.53. The first-order valence-electron chi connectivity index (χ1n) is 10.4. The molecule has 3 heterocycles. The Kier molecular flexibility index (Phi) is 6.79. The van der Waals surface area contributed by atoms with Gasteiger partial charge in [0.15, 0.2) is 11.5 Å². The van der Waals surface area contributed by atoms with Crippen LogP contribution in [0.25, 0.3) is 0 Å². The van der Waals surface area contributed by atoms with Crippen LogP contribution in [0, 0.1) is 0 Å². The summed E-state index contributed by atoms with van der Waals surface area (Å²) in [5.74, 6) is 2.26. The lowest BCUT2D eigenvalue weighted by atomic mass is 10.1. The zero-order chi connectivity index (χ0) is 19.9. The standard InChI is InChI=1S/C22H29N3O4/c1-17-16-26-8-9-29-22-14-23-13-19(24-22)4-2-3-7-25(17)15-18-5-6-20-21(12-18)28-11-10-27-20/h5-6,12-14,17H,2-4,7-11,15-16H2,1H3/t17-/m0/s1. The van der Waals surface area contributed by atoms with Crippen LogP contribution in [0.4, 0.5) is 0 Å². The first-order chi connectivity index (χ1) is 14.3.